The maximum absolute atomic E-state index is 5.87. The number of hydrogen-bond donors (Lipinski definition) is 0. The van der Waals surface area contributed by atoms with Crippen LogP contribution in [0.25, 0.3) is 0 Å². The molecule has 0 saturated carbocycles. The highest BCUT2D eigenvalue weighted by molar-refractivity contribution is 5.46. The van der Waals surface area contributed by atoms with Crippen LogP contribution in [-0.2, 0) is 15.3 Å². The molecule has 0 radical (unpaired) electrons. The van der Waals surface area contributed by atoms with E-state index >= 15 is 0 Å². The van der Waals surface area contributed by atoms with Crippen molar-refractivity contribution in [3.63, 3.8) is 0 Å². The highest BCUT2D eigenvalue weighted by Gasteiger charge is 2.39. The lowest BCUT2D eigenvalue weighted by molar-refractivity contribution is -0.168. The van der Waals surface area contributed by atoms with Crippen LogP contribution in [-0.4, -0.2) is 19.8 Å². The quantitative estimate of drug-likeness (QED) is 0.820. The molecule has 0 N–H and O–H groups in total. The molecule has 3 heteroatoms. The fraction of sp³-hybridized carbons (Fsp3) is 0.600. The van der Waals surface area contributed by atoms with Crippen LogP contribution in [0.3, 0.4) is 0 Å². The molecule has 1 aliphatic rings. The molecule has 0 atom stereocenters. The van der Waals surface area contributed by atoms with Gasteiger partial charge in [0.05, 0.1) is 25.4 Å². The molecule has 0 amide bonds. The minimum Gasteiger partial charge on any atom is -0.493 e. The zero-order valence-corrected chi connectivity index (χ0v) is 11.7. The van der Waals surface area contributed by atoms with E-state index in [2.05, 4.69) is 32.9 Å². The van der Waals surface area contributed by atoms with E-state index in [9.17, 15) is 0 Å². The van der Waals surface area contributed by atoms with Crippen molar-refractivity contribution < 1.29 is 14.2 Å². The zero-order chi connectivity index (χ0) is 13.2. The van der Waals surface area contributed by atoms with Gasteiger partial charge in [-0.2, -0.15) is 0 Å². The number of rotatable bonds is 4. The molecule has 1 saturated heterocycles. The molecule has 1 fully saturated rings. The Labute approximate surface area is 109 Å². The molecule has 3 nitrogen and oxygen atoms in total. The van der Waals surface area contributed by atoms with Gasteiger partial charge in [-0.15, -0.1) is 0 Å². The summed E-state index contributed by atoms with van der Waals surface area (Å²) in [6.45, 7) is 10.2. The summed E-state index contributed by atoms with van der Waals surface area (Å²) in [6, 6.07) is 4.25. The maximum atomic E-state index is 5.87. The SMILES string of the molecule is CCOc1c(C)cc(C)cc1C1(CC)OCCO1. The molecule has 18 heavy (non-hydrogen) atoms. The summed E-state index contributed by atoms with van der Waals surface area (Å²) in [7, 11) is 0. The fourth-order valence-corrected chi connectivity index (χ4v) is 2.58. The molecule has 2 rings (SSSR count). The van der Waals surface area contributed by atoms with Crippen LogP contribution < -0.4 is 4.74 Å². The Hall–Kier alpha value is -1.06. The molecule has 0 spiro atoms. The first-order valence-corrected chi connectivity index (χ1v) is 6.65. The average Bonchev–Trinajstić information content (AvgIpc) is 2.82. The standard InChI is InChI=1S/C15H22O3/c1-5-15(17-7-8-18-15)13-10-11(3)9-12(4)14(13)16-6-2/h9-10H,5-8H2,1-4H3. The van der Waals surface area contributed by atoms with Crippen molar-refractivity contribution in [3.05, 3.63) is 28.8 Å². The van der Waals surface area contributed by atoms with E-state index in [4.69, 9.17) is 14.2 Å². The third kappa shape index (κ3) is 2.25. The molecule has 0 unspecified atom stereocenters. The summed E-state index contributed by atoms with van der Waals surface area (Å²) < 4.78 is 17.5. The van der Waals surface area contributed by atoms with Crippen LogP contribution in [0.1, 0.15) is 37.0 Å². The van der Waals surface area contributed by atoms with Gasteiger partial charge < -0.3 is 14.2 Å². The lowest BCUT2D eigenvalue weighted by Gasteiger charge is -2.29. The lowest BCUT2D eigenvalue weighted by Crippen LogP contribution is -2.27. The van der Waals surface area contributed by atoms with Crippen molar-refractivity contribution >= 4 is 0 Å². The van der Waals surface area contributed by atoms with Gasteiger partial charge in [0.25, 0.3) is 0 Å². The number of hydrogen-bond acceptors (Lipinski definition) is 3. The summed E-state index contributed by atoms with van der Waals surface area (Å²) in [4.78, 5) is 0. The molecule has 1 heterocycles. The van der Waals surface area contributed by atoms with Gasteiger partial charge in [-0.05, 0) is 32.4 Å². The van der Waals surface area contributed by atoms with Gasteiger partial charge in [0.1, 0.15) is 5.75 Å². The average molecular weight is 250 g/mol. The maximum Gasteiger partial charge on any atom is 0.198 e. The third-order valence-electron chi connectivity index (χ3n) is 3.34. The Morgan fingerprint density at radius 1 is 1.17 bits per heavy atom. The highest BCUT2D eigenvalue weighted by atomic mass is 16.7. The van der Waals surface area contributed by atoms with Gasteiger partial charge in [-0.3, -0.25) is 0 Å². The molecule has 1 aliphatic heterocycles. The minimum atomic E-state index is -0.624. The monoisotopic (exact) mass is 250 g/mol. The number of ether oxygens (including phenoxy) is 3. The third-order valence-corrected chi connectivity index (χ3v) is 3.34. The Kier molecular flexibility index (Phi) is 3.93. The first-order chi connectivity index (χ1) is 8.63. The molecule has 0 aliphatic carbocycles. The summed E-state index contributed by atoms with van der Waals surface area (Å²) in [5.41, 5.74) is 3.37. The van der Waals surface area contributed by atoms with Gasteiger partial charge in [0.2, 0.25) is 0 Å². The second-order valence-corrected chi connectivity index (χ2v) is 4.69. The van der Waals surface area contributed by atoms with E-state index in [0.29, 0.717) is 19.8 Å². The Balaban J connectivity index is 2.53. The van der Waals surface area contributed by atoms with Crippen molar-refractivity contribution in [3.8, 4) is 5.75 Å². The second kappa shape index (κ2) is 5.29. The first kappa shape index (κ1) is 13.4. The zero-order valence-electron chi connectivity index (χ0n) is 11.7. The molecule has 100 valence electrons. The highest BCUT2D eigenvalue weighted by Crippen LogP contribution is 2.41. The smallest absolute Gasteiger partial charge is 0.198 e. The van der Waals surface area contributed by atoms with Gasteiger partial charge in [0.15, 0.2) is 5.79 Å². The summed E-state index contributed by atoms with van der Waals surface area (Å²) in [6.07, 6.45) is 0.788. The predicted molar refractivity (Wildman–Crippen MR) is 71.0 cm³/mol. The van der Waals surface area contributed by atoms with E-state index in [-0.39, 0.29) is 0 Å². The molecule has 0 aromatic heterocycles. The summed E-state index contributed by atoms with van der Waals surface area (Å²) in [5, 5.41) is 0. The van der Waals surface area contributed by atoms with Crippen LogP contribution >= 0.6 is 0 Å². The van der Waals surface area contributed by atoms with E-state index in [1.54, 1.807) is 0 Å². The number of aryl methyl sites for hydroxylation is 2. The van der Waals surface area contributed by atoms with Crippen molar-refractivity contribution in [2.45, 2.75) is 39.9 Å². The van der Waals surface area contributed by atoms with E-state index in [1.807, 2.05) is 6.92 Å². The van der Waals surface area contributed by atoms with E-state index in [1.165, 1.54) is 5.56 Å². The van der Waals surface area contributed by atoms with Crippen LogP contribution in [0.5, 0.6) is 5.75 Å². The largest absolute Gasteiger partial charge is 0.493 e. The predicted octanol–water partition coefficient (Wildman–Crippen LogP) is 3.31. The van der Waals surface area contributed by atoms with Crippen molar-refractivity contribution in [1.29, 1.82) is 0 Å². The van der Waals surface area contributed by atoms with Crippen molar-refractivity contribution in [1.82, 2.24) is 0 Å². The van der Waals surface area contributed by atoms with Crippen LogP contribution in [0.4, 0.5) is 0 Å². The van der Waals surface area contributed by atoms with E-state index < -0.39 is 5.79 Å². The van der Waals surface area contributed by atoms with Crippen LogP contribution in [0.2, 0.25) is 0 Å². The van der Waals surface area contributed by atoms with E-state index in [0.717, 1.165) is 23.3 Å². The summed E-state index contributed by atoms with van der Waals surface area (Å²) >= 11 is 0. The van der Waals surface area contributed by atoms with Crippen LogP contribution in [0, 0.1) is 13.8 Å². The van der Waals surface area contributed by atoms with Gasteiger partial charge in [-0.1, -0.05) is 18.6 Å². The second-order valence-electron chi connectivity index (χ2n) is 4.69. The van der Waals surface area contributed by atoms with Gasteiger partial charge >= 0.3 is 0 Å². The molecule has 0 bridgehead atoms. The minimum absolute atomic E-state index is 0.624. The number of benzene rings is 1. The normalized spacial score (nSPS) is 18.0. The topological polar surface area (TPSA) is 27.7 Å². The van der Waals surface area contributed by atoms with Crippen molar-refractivity contribution in [2.75, 3.05) is 19.8 Å². The van der Waals surface area contributed by atoms with Gasteiger partial charge in [-0.25, -0.2) is 0 Å². The Morgan fingerprint density at radius 2 is 1.83 bits per heavy atom. The first-order valence-electron chi connectivity index (χ1n) is 6.65. The molecule has 1 aromatic carbocycles. The van der Waals surface area contributed by atoms with Gasteiger partial charge in [0, 0.05) is 6.42 Å². The lowest BCUT2D eigenvalue weighted by atomic mass is 9.97. The summed E-state index contributed by atoms with van der Waals surface area (Å²) in [5.74, 6) is 0.285. The van der Waals surface area contributed by atoms with Crippen molar-refractivity contribution in [2.24, 2.45) is 0 Å². The Morgan fingerprint density at radius 3 is 2.39 bits per heavy atom. The molecule has 1 aromatic rings. The molecular formula is C15H22O3. The Bertz CT molecular complexity index is 420. The van der Waals surface area contributed by atoms with Crippen LogP contribution in [0.15, 0.2) is 12.1 Å². The fourth-order valence-electron chi connectivity index (χ4n) is 2.58. The molecular weight excluding hydrogens is 228 g/mol.